The van der Waals surface area contributed by atoms with Gasteiger partial charge in [0, 0.05) is 25.8 Å². The molecule has 7 heteroatoms. The number of nitrogens with two attached hydrogens (primary N) is 1. The van der Waals surface area contributed by atoms with E-state index in [0.717, 1.165) is 49.3 Å². The maximum absolute atomic E-state index is 13.2. The maximum atomic E-state index is 13.2. The molecule has 1 aliphatic rings. The fourth-order valence-electron chi connectivity index (χ4n) is 3.83. The zero-order valence-corrected chi connectivity index (χ0v) is 17.1. The van der Waals surface area contributed by atoms with Crippen molar-refractivity contribution in [2.45, 2.75) is 59.0 Å². The molecule has 28 heavy (non-hydrogen) atoms. The van der Waals surface area contributed by atoms with E-state index in [1.807, 2.05) is 34.6 Å². The highest BCUT2D eigenvalue weighted by molar-refractivity contribution is 5.94. The smallest absolute Gasteiger partial charge is 0.274 e. The molecule has 3 N–H and O–H groups in total. The summed E-state index contributed by atoms with van der Waals surface area (Å²) >= 11 is 0. The SMILES string of the molecule is Cc1cccn2c(CN[C@@H](CC(C)C)C(N)=O)c(C(=O)N3CCCCC3)nc12. The highest BCUT2D eigenvalue weighted by Gasteiger charge is 2.26. The van der Waals surface area contributed by atoms with E-state index in [2.05, 4.69) is 24.1 Å². The van der Waals surface area contributed by atoms with Crippen LogP contribution in [0.25, 0.3) is 5.65 Å². The van der Waals surface area contributed by atoms with Crippen LogP contribution in [0.4, 0.5) is 0 Å². The molecule has 0 bridgehead atoms. The number of imidazole rings is 1. The number of carbonyl (C=O) groups excluding carboxylic acids is 2. The van der Waals surface area contributed by atoms with E-state index >= 15 is 0 Å². The van der Waals surface area contributed by atoms with Gasteiger partial charge in [-0.25, -0.2) is 4.98 Å². The Morgan fingerprint density at radius 3 is 2.61 bits per heavy atom. The molecule has 0 aromatic carbocycles. The van der Waals surface area contributed by atoms with E-state index in [1.165, 1.54) is 0 Å². The van der Waals surface area contributed by atoms with Crippen LogP contribution < -0.4 is 11.1 Å². The van der Waals surface area contributed by atoms with Gasteiger partial charge in [0.2, 0.25) is 5.91 Å². The Balaban J connectivity index is 1.93. The van der Waals surface area contributed by atoms with Crippen molar-refractivity contribution >= 4 is 17.5 Å². The third-order valence-electron chi connectivity index (χ3n) is 5.36. The van der Waals surface area contributed by atoms with Gasteiger partial charge in [0.1, 0.15) is 5.65 Å². The highest BCUT2D eigenvalue weighted by atomic mass is 16.2. The van der Waals surface area contributed by atoms with Crippen LogP contribution in [0.1, 0.15) is 61.3 Å². The van der Waals surface area contributed by atoms with Gasteiger partial charge >= 0.3 is 0 Å². The minimum absolute atomic E-state index is 0.0286. The number of pyridine rings is 1. The molecule has 1 fully saturated rings. The lowest BCUT2D eigenvalue weighted by Gasteiger charge is -2.26. The van der Waals surface area contributed by atoms with Crippen LogP contribution in [-0.4, -0.2) is 45.2 Å². The Bertz CT molecular complexity index is 852. The highest BCUT2D eigenvalue weighted by Crippen LogP contribution is 2.20. The molecule has 0 unspecified atom stereocenters. The van der Waals surface area contributed by atoms with Gasteiger partial charge in [0.05, 0.1) is 11.7 Å². The molecule has 0 saturated carbocycles. The van der Waals surface area contributed by atoms with Gasteiger partial charge in [-0.05, 0) is 50.2 Å². The number of hydrogen-bond acceptors (Lipinski definition) is 4. The molecule has 152 valence electrons. The molecule has 3 heterocycles. The number of amides is 2. The number of hydrogen-bond donors (Lipinski definition) is 2. The molecule has 0 aliphatic carbocycles. The Hall–Kier alpha value is -2.41. The molecule has 1 atom stereocenters. The van der Waals surface area contributed by atoms with Crippen LogP contribution in [-0.2, 0) is 11.3 Å². The van der Waals surface area contributed by atoms with Crippen LogP contribution in [0.5, 0.6) is 0 Å². The first-order valence-corrected chi connectivity index (χ1v) is 10.2. The first kappa shape index (κ1) is 20.3. The van der Waals surface area contributed by atoms with E-state index < -0.39 is 6.04 Å². The van der Waals surface area contributed by atoms with Gasteiger partial charge in [0.25, 0.3) is 5.91 Å². The van der Waals surface area contributed by atoms with Gasteiger partial charge in [-0.2, -0.15) is 0 Å². The van der Waals surface area contributed by atoms with E-state index in [1.54, 1.807) is 0 Å². The van der Waals surface area contributed by atoms with Crippen molar-refractivity contribution in [3.63, 3.8) is 0 Å². The Labute approximate surface area is 166 Å². The van der Waals surface area contributed by atoms with Crippen LogP contribution in [0, 0.1) is 12.8 Å². The molecule has 2 aromatic rings. The number of likely N-dealkylation sites (tertiary alicyclic amines) is 1. The molecule has 0 spiro atoms. The van der Waals surface area contributed by atoms with E-state index in [9.17, 15) is 9.59 Å². The first-order chi connectivity index (χ1) is 13.4. The van der Waals surface area contributed by atoms with Crippen LogP contribution in [0.3, 0.4) is 0 Å². The van der Waals surface area contributed by atoms with Crippen molar-refractivity contribution in [3.05, 3.63) is 35.3 Å². The topological polar surface area (TPSA) is 92.7 Å². The number of rotatable bonds is 7. The molecular formula is C21H31N5O2. The van der Waals surface area contributed by atoms with Crippen molar-refractivity contribution in [3.8, 4) is 0 Å². The third-order valence-corrected chi connectivity index (χ3v) is 5.36. The van der Waals surface area contributed by atoms with Gasteiger partial charge < -0.3 is 20.4 Å². The van der Waals surface area contributed by atoms with E-state index in [0.29, 0.717) is 24.6 Å². The molecule has 2 aromatic heterocycles. The zero-order valence-electron chi connectivity index (χ0n) is 17.1. The molecule has 2 amide bonds. The number of nitrogens with one attached hydrogen (secondary N) is 1. The predicted octanol–water partition coefficient (Wildman–Crippen LogP) is 2.26. The average Bonchev–Trinajstić information content (AvgIpc) is 3.04. The van der Waals surface area contributed by atoms with Crippen molar-refractivity contribution in [1.82, 2.24) is 19.6 Å². The van der Waals surface area contributed by atoms with E-state index in [-0.39, 0.29) is 11.8 Å². The molecule has 3 rings (SSSR count). The second-order valence-corrected chi connectivity index (χ2v) is 8.11. The number of nitrogens with zero attached hydrogens (tertiary/aromatic N) is 3. The lowest BCUT2D eigenvalue weighted by molar-refractivity contribution is -0.120. The number of fused-ring (bicyclic) bond motifs is 1. The second kappa shape index (κ2) is 8.73. The molecule has 0 radical (unpaired) electrons. The van der Waals surface area contributed by atoms with Gasteiger partial charge in [-0.1, -0.05) is 19.9 Å². The summed E-state index contributed by atoms with van der Waals surface area (Å²) < 4.78 is 1.95. The van der Waals surface area contributed by atoms with Gasteiger partial charge in [0.15, 0.2) is 5.69 Å². The monoisotopic (exact) mass is 385 g/mol. The molecule has 7 nitrogen and oxygen atoms in total. The van der Waals surface area contributed by atoms with Crippen LogP contribution in [0.2, 0.25) is 0 Å². The summed E-state index contributed by atoms with van der Waals surface area (Å²) in [6.07, 6.45) is 5.80. The van der Waals surface area contributed by atoms with E-state index in [4.69, 9.17) is 5.73 Å². The summed E-state index contributed by atoms with van der Waals surface area (Å²) in [7, 11) is 0. The Kier molecular flexibility index (Phi) is 6.34. The third kappa shape index (κ3) is 4.35. The molecular weight excluding hydrogens is 354 g/mol. The summed E-state index contributed by atoms with van der Waals surface area (Å²) in [5.41, 5.74) is 8.61. The summed E-state index contributed by atoms with van der Waals surface area (Å²) in [5, 5.41) is 3.26. The number of piperidine rings is 1. The van der Waals surface area contributed by atoms with Crippen LogP contribution >= 0.6 is 0 Å². The zero-order chi connectivity index (χ0) is 20.3. The summed E-state index contributed by atoms with van der Waals surface area (Å²) in [6.45, 7) is 8.01. The fourth-order valence-corrected chi connectivity index (χ4v) is 3.83. The lowest BCUT2D eigenvalue weighted by atomic mass is 10.0. The lowest BCUT2D eigenvalue weighted by Crippen LogP contribution is -2.42. The summed E-state index contributed by atoms with van der Waals surface area (Å²) in [6, 6.07) is 3.50. The standard InChI is InChI=1S/C21H31N5O2/c1-14(2)12-16(19(22)27)23-13-17-18(21(28)25-9-5-4-6-10-25)24-20-15(3)8-7-11-26(17)20/h7-8,11,14,16,23H,4-6,9-10,12-13H2,1-3H3,(H2,22,27)/t16-/m0/s1. The quantitative estimate of drug-likeness (QED) is 0.765. The predicted molar refractivity (Wildman–Crippen MR) is 109 cm³/mol. The largest absolute Gasteiger partial charge is 0.368 e. The van der Waals surface area contributed by atoms with Gasteiger partial charge in [-0.15, -0.1) is 0 Å². The van der Waals surface area contributed by atoms with Crippen LogP contribution in [0.15, 0.2) is 18.3 Å². The number of carbonyl (C=O) groups is 2. The number of aromatic nitrogens is 2. The first-order valence-electron chi connectivity index (χ1n) is 10.2. The Morgan fingerprint density at radius 2 is 1.96 bits per heavy atom. The molecule has 1 aliphatic heterocycles. The number of primary amides is 1. The minimum Gasteiger partial charge on any atom is -0.368 e. The average molecular weight is 386 g/mol. The minimum atomic E-state index is -0.437. The normalized spacial score (nSPS) is 15.9. The van der Waals surface area contributed by atoms with Crippen molar-refractivity contribution < 1.29 is 9.59 Å². The maximum Gasteiger partial charge on any atom is 0.274 e. The fraction of sp³-hybridized carbons (Fsp3) is 0.571. The van der Waals surface area contributed by atoms with Crippen molar-refractivity contribution in [2.24, 2.45) is 11.7 Å². The Morgan fingerprint density at radius 1 is 1.25 bits per heavy atom. The summed E-state index contributed by atoms with van der Waals surface area (Å²) in [4.78, 5) is 31.6. The van der Waals surface area contributed by atoms with Crippen molar-refractivity contribution in [2.75, 3.05) is 13.1 Å². The van der Waals surface area contributed by atoms with Crippen molar-refractivity contribution in [1.29, 1.82) is 0 Å². The second-order valence-electron chi connectivity index (χ2n) is 8.11. The number of aryl methyl sites for hydroxylation is 1. The molecule has 1 saturated heterocycles. The van der Waals surface area contributed by atoms with Gasteiger partial charge in [-0.3, -0.25) is 9.59 Å². The summed E-state index contributed by atoms with van der Waals surface area (Å²) in [5.74, 6) is -0.0643.